The summed E-state index contributed by atoms with van der Waals surface area (Å²) in [6.45, 7) is 12.1. The zero-order chi connectivity index (χ0) is 13.3. The molecule has 0 aromatic carbocycles. The lowest BCUT2D eigenvalue weighted by molar-refractivity contribution is -0.121. The van der Waals surface area contributed by atoms with Crippen molar-refractivity contribution in [3.05, 3.63) is 0 Å². The van der Waals surface area contributed by atoms with Crippen molar-refractivity contribution in [1.29, 1.82) is 0 Å². The lowest BCUT2D eigenvalue weighted by Gasteiger charge is -2.17. The smallest absolute Gasteiger partial charge is 0.219 e. The van der Waals surface area contributed by atoms with E-state index in [0.717, 1.165) is 32.4 Å². The largest absolute Gasteiger partial charge is 0.379 e. The maximum Gasteiger partial charge on any atom is 0.219 e. The van der Waals surface area contributed by atoms with Crippen molar-refractivity contribution in [3.63, 3.8) is 0 Å². The van der Waals surface area contributed by atoms with Gasteiger partial charge in [-0.25, -0.2) is 0 Å². The molecule has 3 nitrogen and oxygen atoms in total. The van der Waals surface area contributed by atoms with Gasteiger partial charge in [-0.3, -0.25) is 4.79 Å². The van der Waals surface area contributed by atoms with Gasteiger partial charge in [-0.05, 0) is 38.5 Å². The molecular formula is C14H29NO2. The summed E-state index contributed by atoms with van der Waals surface area (Å²) in [7, 11) is 0. The molecule has 0 fully saturated rings. The van der Waals surface area contributed by atoms with Crippen LogP contribution in [0.3, 0.4) is 0 Å². The van der Waals surface area contributed by atoms with Crippen molar-refractivity contribution in [3.8, 4) is 0 Å². The highest BCUT2D eigenvalue weighted by Crippen LogP contribution is 2.21. The summed E-state index contributed by atoms with van der Waals surface area (Å²) in [4.78, 5) is 11.5. The molecule has 0 aliphatic carbocycles. The number of amides is 1. The van der Waals surface area contributed by atoms with Gasteiger partial charge in [0.15, 0.2) is 0 Å². The van der Waals surface area contributed by atoms with Crippen LogP contribution in [0.2, 0.25) is 0 Å². The fourth-order valence-electron chi connectivity index (χ4n) is 1.49. The van der Waals surface area contributed by atoms with E-state index >= 15 is 0 Å². The summed E-state index contributed by atoms with van der Waals surface area (Å²) in [5, 5.41) is 2.92. The second-order valence-electron chi connectivity index (χ2n) is 6.04. The fourth-order valence-corrected chi connectivity index (χ4v) is 1.49. The monoisotopic (exact) mass is 243 g/mol. The molecule has 0 atom stereocenters. The summed E-state index contributed by atoms with van der Waals surface area (Å²) in [6.07, 6.45) is 3.87. The van der Waals surface area contributed by atoms with E-state index in [2.05, 4.69) is 26.1 Å². The first-order chi connectivity index (χ1) is 7.81. The lowest BCUT2D eigenvalue weighted by Crippen LogP contribution is -2.25. The molecule has 0 radical (unpaired) electrons. The van der Waals surface area contributed by atoms with Crippen LogP contribution in [0.5, 0.6) is 0 Å². The quantitative estimate of drug-likeness (QED) is 0.665. The minimum atomic E-state index is 0.166. The first-order valence-electron chi connectivity index (χ1n) is 6.69. The minimum absolute atomic E-state index is 0.166. The Hall–Kier alpha value is -0.570. The Balaban J connectivity index is 3.35. The summed E-state index contributed by atoms with van der Waals surface area (Å²) in [6, 6.07) is 0. The Morgan fingerprint density at radius 2 is 1.88 bits per heavy atom. The van der Waals surface area contributed by atoms with Crippen molar-refractivity contribution >= 4 is 5.91 Å². The van der Waals surface area contributed by atoms with Crippen LogP contribution in [0.25, 0.3) is 0 Å². The number of hydrogen-bond acceptors (Lipinski definition) is 2. The maximum absolute atomic E-state index is 11.5. The number of rotatable bonds is 8. The maximum atomic E-state index is 11.5. The van der Waals surface area contributed by atoms with Crippen LogP contribution in [-0.2, 0) is 9.53 Å². The highest BCUT2D eigenvalue weighted by atomic mass is 16.5. The number of carbonyl (C=O) groups is 1. The van der Waals surface area contributed by atoms with E-state index in [1.165, 1.54) is 0 Å². The summed E-state index contributed by atoms with van der Waals surface area (Å²) in [5.74, 6) is 0.166. The van der Waals surface area contributed by atoms with Crippen molar-refractivity contribution < 1.29 is 9.53 Å². The SMILES string of the molecule is CC(C)OCCCNC(=O)CCCC(C)(C)C. The summed E-state index contributed by atoms with van der Waals surface area (Å²) in [5.41, 5.74) is 0.325. The molecule has 0 aromatic heterocycles. The first kappa shape index (κ1) is 16.4. The molecule has 102 valence electrons. The summed E-state index contributed by atoms with van der Waals surface area (Å²) < 4.78 is 5.40. The normalized spacial score (nSPS) is 11.9. The number of hydrogen-bond donors (Lipinski definition) is 1. The Kier molecular flexibility index (Phi) is 8.23. The lowest BCUT2D eigenvalue weighted by atomic mass is 9.90. The molecule has 0 saturated carbocycles. The summed E-state index contributed by atoms with van der Waals surface area (Å²) >= 11 is 0. The molecule has 0 saturated heterocycles. The zero-order valence-electron chi connectivity index (χ0n) is 12.1. The van der Waals surface area contributed by atoms with Crippen molar-refractivity contribution in [2.45, 2.75) is 66.4 Å². The van der Waals surface area contributed by atoms with E-state index in [0.29, 0.717) is 11.8 Å². The average Bonchev–Trinajstić information content (AvgIpc) is 2.14. The van der Waals surface area contributed by atoms with Crippen molar-refractivity contribution in [1.82, 2.24) is 5.32 Å². The van der Waals surface area contributed by atoms with Crippen LogP contribution in [0.4, 0.5) is 0 Å². The topological polar surface area (TPSA) is 38.3 Å². The molecule has 1 amide bonds. The second-order valence-corrected chi connectivity index (χ2v) is 6.04. The zero-order valence-corrected chi connectivity index (χ0v) is 12.1. The Bertz CT molecular complexity index is 207. The van der Waals surface area contributed by atoms with Gasteiger partial charge in [-0.15, -0.1) is 0 Å². The standard InChI is InChI=1S/C14H29NO2/c1-12(2)17-11-7-10-15-13(16)8-6-9-14(3,4)5/h12H,6-11H2,1-5H3,(H,15,16). The number of carbonyl (C=O) groups excluding carboxylic acids is 1. The van der Waals surface area contributed by atoms with E-state index in [1.807, 2.05) is 13.8 Å². The highest BCUT2D eigenvalue weighted by molar-refractivity contribution is 5.75. The molecule has 17 heavy (non-hydrogen) atoms. The molecule has 0 aromatic rings. The second kappa shape index (κ2) is 8.51. The molecule has 0 rings (SSSR count). The number of ether oxygens (including phenoxy) is 1. The average molecular weight is 243 g/mol. The Morgan fingerprint density at radius 3 is 2.41 bits per heavy atom. The Morgan fingerprint density at radius 1 is 1.24 bits per heavy atom. The molecule has 0 unspecified atom stereocenters. The molecular weight excluding hydrogens is 214 g/mol. The highest BCUT2D eigenvalue weighted by Gasteiger charge is 2.10. The van der Waals surface area contributed by atoms with Gasteiger partial charge < -0.3 is 10.1 Å². The van der Waals surface area contributed by atoms with Crippen molar-refractivity contribution in [2.24, 2.45) is 5.41 Å². The van der Waals surface area contributed by atoms with Crippen LogP contribution in [-0.4, -0.2) is 25.2 Å². The number of nitrogens with one attached hydrogen (secondary N) is 1. The van der Waals surface area contributed by atoms with E-state index in [-0.39, 0.29) is 12.0 Å². The molecule has 0 spiro atoms. The third kappa shape index (κ3) is 13.4. The third-order valence-corrected chi connectivity index (χ3v) is 2.43. The minimum Gasteiger partial charge on any atom is -0.379 e. The molecule has 0 heterocycles. The van der Waals surface area contributed by atoms with Crippen LogP contribution < -0.4 is 5.32 Å². The van der Waals surface area contributed by atoms with Crippen molar-refractivity contribution in [2.75, 3.05) is 13.2 Å². The molecule has 3 heteroatoms. The fraction of sp³-hybridized carbons (Fsp3) is 0.929. The van der Waals surface area contributed by atoms with Gasteiger partial charge in [-0.2, -0.15) is 0 Å². The van der Waals surface area contributed by atoms with Gasteiger partial charge in [-0.1, -0.05) is 20.8 Å². The van der Waals surface area contributed by atoms with Gasteiger partial charge in [0.2, 0.25) is 5.91 Å². The molecule has 0 aliphatic rings. The first-order valence-corrected chi connectivity index (χ1v) is 6.69. The van der Waals surface area contributed by atoms with E-state index in [9.17, 15) is 4.79 Å². The van der Waals surface area contributed by atoms with E-state index in [4.69, 9.17) is 4.74 Å². The molecule has 1 N–H and O–H groups in total. The third-order valence-electron chi connectivity index (χ3n) is 2.43. The van der Waals surface area contributed by atoms with Crippen LogP contribution in [0.1, 0.15) is 60.3 Å². The molecule has 0 aliphatic heterocycles. The van der Waals surface area contributed by atoms with Gasteiger partial charge in [0.25, 0.3) is 0 Å². The van der Waals surface area contributed by atoms with Crippen LogP contribution >= 0.6 is 0 Å². The van der Waals surface area contributed by atoms with Crippen LogP contribution in [0, 0.1) is 5.41 Å². The van der Waals surface area contributed by atoms with Gasteiger partial charge in [0, 0.05) is 19.6 Å². The molecule has 0 bridgehead atoms. The predicted molar refractivity (Wildman–Crippen MR) is 72.0 cm³/mol. The van der Waals surface area contributed by atoms with Gasteiger partial charge in [0.05, 0.1) is 6.10 Å². The van der Waals surface area contributed by atoms with E-state index < -0.39 is 0 Å². The van der Waals surface area contributed by atoms with Gasteiger partial charge >= 0.3 is 0 Å². The Labute approximate surface area is 106 Å². The van der Waals surface area contributed by atoms with Gasteiger partial charge in [0.1, 0.15) is 0 Å². The van der Waals surface area contributed by atoms with E-state index in [1.54, 1.807) is 0 Å². The van der Waals surface area contributed by atoms with Crippen LogP contribution in [0.15, 0.2) is 0 Å². The predicted octanol–water partition coefficient (Wildman–Crippen LogP) is 3.13.